The van der Waals surface area contributed by atoms with E-state index in [0.29, 0.717) is 34.1 Å². The SMILES string of the molecule is COc1ccc(-c2noc(-c3cn(C)c4cc(N5CCCCC5)c(F)cc4c3=O)n2)cc1OC. The standard InChI is InChI=1S/C25H25FN4O4/c1-29-14-17(25-27-24(28-34-25)15-7-8-21(32-2)22(11-15)33-3)23(31)16-12-18(26)20(13-19(16)29)30-9-5-4-6-10-30/h7-8,11-14H,4-6,9-10H2,1-3H3. The maximum Gasteiger partial charge on any atom is 0.263 e. The van der Waals surface area contributed by atoms with Crippen LogP contribution in [0.25, 0.3) is 33.7 Å². The summed E-state index contributed by atoms with van der Waals surface area (Å²) in [4.78, 5) is 19.8. The van der Waals surface area contributed by atoms with Gasteiger partial charge in [0.25, 0.3) is 5.89 Å². The zero-order chi connectivity index (χ0) is 23.8. The van der Waals surface area contributed by atoms with E-state index in [4.69, 9.17) is 14.0 Å². The van der Waals surface area contributed by atoms with Crippen molar-refractivity contribution in [3.63, 3.8) is 0 Å². The zero-order valence-electron chi connectivity index (χ0n) is 19.3. The molecule has 4 aromatic rings. The second kappa shape index (κ2) is 8.81. The molecule has 5 rings (SSSR count). The molecule has 0 bridgehead atoms. The van der Waals surface area contributed by atoms with Gasteiger partial charge in [0.15, 0.2) is 11.5 Å². The van der Waals surface area contributed by atoms with Gasteiger partial charge in [-0.15, -0.1) is 0 Å². The minimum atomic E-state index is -0.403. The Morgan fingerprint density at radius 1 is 1.03 bits per heavy atom. The topological polar surface area (TPSA) is 82.6 Å². The molecule has 1 fully saturated rings. The van der Waals surface area contributed by atoms with Gasteiger partial charge in [0.05, 0.1) is 25.4 Å². The lowest BCUT2D eigenvalue weighted by Crippen LogP contribution is -2.30. The molecule has 0 N–H and O–H groups in total. The molecule has 2 aromatic carbocycles. The lowest BCUT2D eigenvalue weighted by atomic mass is 10.1. The number of benzene rings is 2. The number of aryl methyl sites for hydroxylation is 1. The van der Waals surface area contributed by atoms with Gasteiger partial charge in [0.1, 0.15) is 11.4 Å². The number of nitrogens with zero attached hydrogens (tertiary/aromatic N) is 4. The third kappa shape index (κ3) is 3.76. The Morgan fingerprint density at radius 2 is 1.79 bits per heavy atom. The van der Waals surface area contributed by atoms with Crippen LogP contribution >= 0.6 is 0 Å². The Hall–Kier alpha value is -3.88. The van der Waals surface area contributed by atoms with Gasteiger partial charge in [-0.05, 0) is 49.6 Å². The molecule has 34 heavy (non-hydrogen) atoms. The van der Waals surface area contributed by atoms with Crippen molar-refractivity contribution in [2.45, 2.75) is 19.3 Å². The maximum atomic E-state index is 15.0. The smallest absolute Gasteiger partial charge is 0.263 e. The fourth-order valence-electron chi connectivity index (χ4n) is 4.45. The highest BCUT2D eigenvalue weighted by atomic mass is 19.1. The monoisotopic (exact) mass is 464 g/mol. The number of hydrogen-bond acceptors (Lipinski definition) is 7. The summed E-state index contributed by atoms with van der Waals surface area (Å²) in [5.74, 6) is 1.05. The molecule has 1 aliphatic heterocycles. The van der Waals surface area contributed by atoms with E-state index < -0.39 is 5.82 Å². The van der Waals surface area contributed by atoms with Crippen molar-refractivity contribution in [3.8, 4) is 34.3 Å². The minimum absolute atomic E-state index is 0.0628. The first-order valence-electron chi connectivity index (χ1n) is 11.1. The average molecular weight is 464 g/mol. The predicted octanol–water partition coefficient (Wildman–Crippen LogP) is 4.40. The first-order chi connectivity index (χ1) is 16.5. The number of anilines is 1. The number of methoxy groups -OCH3 is 2. The number of ether oxygens (including phenoxy) is 2. The van der Waals surface area contributed by atoms with E-state index in [1.165, 1.54) is 13.2 Å². The van der Waals surface area contributed by atoms with Crippen LogP contribution in [0, 0.1) is 5.82 Å². The van der Waals surface area contributed by atoms with Gasteiger partial charge in [0, 0.05) is 37.3 Å². The molecule has 8 nitrogen and oxygen atoms in total. The van der Waals surface area contributed by atoms with Crippen molar-refractivity contribution in [2.75, 3.05) is 32.2 Å². The molecule has 3 heterocycles. The molecule has 2 aromatic heterocycles. The molecule has 0 radical (unpaired) electrons. The van der Waals surface area contributed by atoms with E-state index in [-0.39, 0.29) is 22.3 Å². The molecule has 0 unspecified atom stereocenters. The normalized spacial score (nSPS) is 13.9. The fourth-order valence-corrected chi connectivity index (χ4v) is 4.45. The molecule has 176 valence electrons. The molecule has 9 heteroatoms. The Balaban J connectivity index is 1.56. The summed E-state index contributed by atoms with van der Waals surface area (Å²) in [5.41, 5.74) is 1.67. The van der Waals surface area contributed by atoms with Crippen molar-refractivity contribution in [2.24, 2.45) is 7.05 Å². The Morgan fingerprint density at radius 3 is 2.53 bits per heavy atom. The van der Waals surface area contributed by atoms with E-state index in [9.17, 15) is 4.79 Å². The lowest BCUT2D eigenvalue weighted by Gasteiger charge is -2.29. The molecule has 0 saturated carbocycles. The summed E-state index contributed by atoms with van der Waals surface area (Å²) >= 11 is 0. The van der Waals surface area contributed by atoms with Gasteiger partial charge >= 0.3 is 0 Å². The van der Waals surface area contributed by atoms with Crippen LogP contribution in [0.3, 0.4) is 0 Å². The fraction of sp³-hybridized carbons (Fsp3) is 0.320. The zero-order valence-corrected chi connectivity index (χ0v) is 19.3. The highest BCUT2D eigenvalue weighted by Crippen LogP contribution is 2.32. The highest BCUT2D eigenvalue weighted by molar-refractivity contribution is 5.86. The van der Waals surface area contributed by atoms with Crippen molar-refractivity contribution >= 4 is 16.6 Å². The number of piperidine rings is 1. The third-order valence-electron chi connectivity index (χ3n) is 6.25. The molecule has 1 saturated heterocycles. The Labute approximate surface area is 195 Å². The van der Waals surface area contributed by atoms with Crippen molar-refractivity contribution in [3.05, 3.63) is 52.6 Å². The van der Waals surface area contributed by atoms with E-state index in [1.807, 2.05) is 11.9 Å². The van der Waals surface area contributed by atoms with Gasteiger partial charge in [-0.2, -0.15) is 4.98 Å². The van der Waals surface area contributed by atoms with Crippen molar-refractivity contribution in [1.82, 2.24) is 14.7 Å². The average Bonchev–Trinajstić information content (AvgIpc) is 3.36. The molecule has 0 spiro atoms. The molecule has 0 atom stereocenters. The van der Waals surface area contributed by atoms with Crippen molar-refractivity contribution < 1.29 is 18.4 Å². The number of rotatable bonds is 5. The number of halogens is 1. The van der Waals surface area contributed by atoms with E-state index in [1.54, 1.807) is 42.1 Å². The molecular formula is C25H25FN4O4. The summed E-state index contributed by atoms with van der Waals surface area (Å²) in [6.45, 7) is 1.63. The number of fused-ring (bicyclic) bond motifs is 1. The predicted molar refractivity (Wildman–Crippen MR) is 127 cm³/mol. The molecule has 0 amide bonds. The van der Waals surface area contributed by atoms with E-state index >= 15 is 4.39 Å². The van der Waals surface area contributed by atoms with Crippen molar-refractivity contribution in [1.29, 1.82) is 0 Å². The number of pyridine rings is 1. The highest BCUT2D eigenvalue weighted by Gasteiger charge is 2.21. The number of hydrogen-bond donors (Lipinski definition) is 0. The molecular weight excluding hydrogens is 439 g/mol. The quantitative estimate of drug-likeness (QED) is 0.433. The van der Waals surface area contributed by atoms with Gasteiger partial charge in [-0.1, -0.05) is 5.16 Å². The minimum Gasteiger partial charge on any atom is -0.493 e. The van der Waals surface area contributed by atoms with Crippen LogP contribution in [-0.2, 0) is 7.05 Å². The molecule has 0 aliphatic carbocycles. The van der Waals surface area contributed by atoms with E-state index in [2.05, 4.69) is 10.1 Å². The van der Waals surface area contributed by atoms with E-state index in [0.717, 1.165) is 32.4 Å². The van der Waals surface area contributed by atoms with Gasteiger partial charge in [0.2, 0.25) is 11.3 Å². The van der Waals surface area contributed by atoms with Gasteiger partial charge in [-0.3, -0.25) is 4.79 Å². The third-order valence-corrected chi connectivity index (χ3v) is 6.25. The second-order valence-corrected chi connectivity index (χ2v) is 8.34. The Bertz CT molecular complexity index is 1420. The maximum absolute atomic E-state index is 15.0. The first kappa shape index (κ1) is 21.9. The summed E-state index contributed by atoms with van der Waals surface area (Å²) < 4.78 is 32.9. The lowest BCUT2D eigenvalue weighted by molar-refractivity contribution is 0.355. The summed E-state index contributed by atoms with van der Waals surface area (Å²) in [6.07, 6.45) is 4.88. The van der Waals surface area contributed by atoms with Gasteiger partial charge < -0.3 is 23.5 Å². The van der Waals surface area contributed by atoms with Crippen LogP contribution in [0.1, 0.15) is 19.3 Å². The summed E-state index contributed by atoms with van der Waals surface area (Å²) in [7, 11) is 4.91. The van der Waals surface area contributed by atoms with Gasteiger partial charge in [-0.25, -0.2) is 4.39 Å². The summed E-state index contributed by atoms with van der Waals surface area (Å²) in [6, 6.07) is 8.30. The number of aromatic nitrogens is 3. The van der Waals surface area contributed by atoms with Crippen LogP contribution in [0.4, 0.5) is 10.1 Å². The van der Waals surface area contributed by atoms with Crippen LogP contribution in [0.15, 0.2) is 45.8 Å². The Kier molecular flexibility index (Phi) is 5.69. The van der Waals surface area contributed by atoms with Crippen LogP contribution in [-0.4, -0.2) is 42.0 Å². The molecule has 1 aliphatic rings. The van der Waals surface area contributed by atoms with Crippen LogP contribution in [0.5, 0.6) is 11.5 Å². The summed E-state index contributed by atoms with van der Waals surface area (Å²) in [5, 5.41) is 4.29. The van der Waals surface area contributed by atoms with Crippen LogP contribution < -0.4 is 19.8 Å². The van der Waals surface area contributed by atoms with Crippen LogP contribution in [0.2, 0.25) is 0 Å². The largest absolute Gasteiger partial charge is 0.493 e. The second-order valence-electron chi connectivity index (χ2n) is 8.34. The first-order valence-corrected chi connectivity index (χ1v) is 11.1.